The van der Waals surface area contributed by atoms with E-state index >= 15 is 0 Å². The Morgan fingerprint density at radius 2 is 2.29 bits per heavy atom. The highest BCUT2D eigenvalue weighted by Crippen LogP contribution is 2.32. The molecule has 1 aliphatic heterocycles. The lowest BCUT2D eigenvalue weighted by molar-refractivity contribution is -0.116. The lowest BCUT2D eigenvalue weighted by Crippen LogP contribution is -2.13. The molecule has 0 atom stereocenters. The van der Waals surface area contributed by atoms with Gasteiger partial charge < -0.3 is 14.2 Å². The maximum absolute atomic E-state index is 11.8. The van der Waals surface area contributed by atoms with E-state index < -0.39 is 0 Å². The predicted molar refractivity (Wildman–Crippen MR) is 72.5 cm³/mol. The van der Waals surface area contributed by atoms with E-state index in [1.165, 1.54) is 7.11 Å². The second kappa shape index (κ2) is 5.70. The molecule has 0 spiro atoms. The summed E-state index contributed by atoms with van der Waals surface area (Å²) in [5.41, 5.74) is 1.00. The number of H-pyrrole nitrogens is 1. The molecule has 110 valence electrons. The van der Waals surface area contributed by atoms with Crippen molar-refractivity contribution in [2.75, 3.05) is 19.2 Å². The topological polar surface area (TPSA) is 98.4 Å². The minimum absolute atomic E-state index is 0.161. The van der Waals surface area contributed by atoms with Gasteiger partial charge in [0.15, 0.2) is 11.5 Å². The minimum atomic E-state index is -0.161. The molecule has 0 saturated heterocycles. The van der Waals surface area contributed by atoms with Crippen molar-refractivity contribution in [3.8, 4) is 17.5 Å². The van der Waals surface area contributed by atoms with Gasteiger partial charge in [-0.3, -0.25) is 10.1 Å². The van der Waals surface area contributed by atoms with Crippen LogP contribution in [0, 0.1) is 0 Å². The number of hydrogen-bond acceptors (Lipinski definition) is 6. The van der Waals surface area contributed by atoms with Gasteiger partial charge in [0.25, 0.3) is 0 Å². The number of aryl methyl sites for hydroxylation is 1. The van der Waals surface area contributed by atoms with Crippen LogP contribution in [0.15, 0.2) is 18.2 Å². The van der Waals surface area contributed by atoms with Crippen molar-refractivity contribution in [3.63, 3.8) is 0 Å². The minimum Gasteiger partial charge on any atom is -0.466 e. The molecule has 0 radical (unpaired) electrons. The Labute approximate surface area is 120 Å². The van der Waals surface area contributed by atoms with Gasteiger partial charge in [-0.2, -0.15) is 4.98 Å². The number of nitrogens with zero attached hydrogens (tertiary/aromatic N) is 2. The number of fused-ring (bicyclic) bond motifs is 1. The van der Waals surface area contributed by atoms with Crippen LogP contribution in [-0.4, -0.2) is 35.0 Å². The van der Waals surface area contributed by atoms with Crippen LogP contribution in [-0.2, 0) is 11.2 Å². The Kier molecular flexibility index (Phi) is 3.59. The van der Waals surface area contributed by atoms with E-state index in [-0.39, 0.29) is 24.7 Å². The quantitative estimate of drug-likeness (QED) is 0.856. The second-order valence-electron chi connectivity index (χ2n) is 4.41. The number of methoxy groups -OCH3 is 1. The molecule has 2 aromatic rings. The summed E-state index contributed by atoms with van der Waals surface area (Å²) in [5.74, 6) is 1.55. The van der Waals surface area contributed by atoms with Gasteiger partial charge in [0.2, 0.25) is 18.6 Å². The molecule has 8 heteroatoms. The van der Waals surface area contributed by atoms with E-state index in [9.17, 15) is 4.79 Å². The largest absolute Gasteiger partial charge is 0.466 e. The molecule has 1 aromatic carbocycles. The van der Waals surface area contributed by atoms with Crippen molar-refractivity contribution >= 4 is 11.9 Å². The summed E-state index contributed by atoms with van der Waals surface area (Å²) in [7, 11) is 1.45. The van der Waals surface area contributed by atoms with Gasteiger partial charge in [-0.05, 0) is 24.1 Å². The summed E-state index contributed by atoms with van der Waals surface area (Å²) in [5, 5.41) is 8.92. The molecule has 0 bridgehead atoms. The monoisotopic (exact) mass is 290 g/mol. The number of ether oxygens (including phenoxy) is 3. The van der Waals surface area contributed by atoms with E-state index in [2.05, 4.69) is 20.5 Å². The normalized spacial score (nSPS) is 12.2. The number of hydrogen-bond donors (Lipinski definition) is 2. The van der Waals surface area contributed by atoms with Crippen LogP contribution in [0.1, 0.15) is 12.0 Å². The Bertz CT molecular complexity index is 655. The summed E-state index contributed by atoms with van der Waals surface area (Å²) in [6, 6.07) is 5.82. The van der Waals surface area contributed by atoms with Crippen molar-refractivity contribution in [2.45, 2.75) is 12.8 Å². The van der Waals surface area contributed by atoms with Crippen molar-refractivity contribution in [2.24, 2.45) is 0 Å². The number of rotatable bonds is 5. The summed E-state index contributed by atoms with van der Waals surface area (Å²) in [6.07, 6.45) is 0.913. The summed E-state index contributed by atoms with van der Waals surface area (Å²) in [4.78, 5) is 15.7. The highest BCUT2D eigenvalue weighted by molar-refractivity contribution is 5.89. The van der Waals surface area contributed by atoms with Crippen LogP contribution in [0.25, 0.3) is 0 Å². The van der Waals surface area contributed by atoms with Crippen LogP contribution >= 0.6 is 0 Å². The van der Waals surface area contributed by atoms with E-state index in [1.807, 2.05) is 18.2 Å². The van der Waals surface area contributed by atoms with Crippen molar-refractivity contribution < 1.29 is 19.0 Å². The number of aromatic nitrogens is 3. The number of nitrogens with one attached hydrogen (secondary N) is 2. The van der Waals surface area contributed by atoms with Gasteiger partial charge in [0.05, 0.1) is 7.11 Å². The molecular weight excluding hydrogens is 276 g/mol. The maximum atomic E-state index is 11.8. The summed E-state index contributed by atoms with van der Waals surface area (Å²) in [6.45, 7) is 0.243. The number of aromatic amines is 1. The molecule has 3 rings (SSSR count). The fraction of sp³-hybridized carbons (Fsp3) is 0.308. The highest BCUT2D eigenvalue weighted by atomic mass is 16.7. The van der Waals surface area contributed by atoms with Crippen molar-refractivity contribution in [3.05, 3.63) is 23.8 Å². The molecule has 0 aliphatic carbocycles. The molecule has 2 heterocycles. The van der Waals surface area contributed by atoms with E-state index in [4.69, 9.17) is 14.2 Å². The maximum Gasteiger partial charge on any atom is 0.336 e. The number of carbonyl (C=O) groups excluding carboxylic acids is 1. The summed E-state index contributed by atoms with van der Waals surface area (Å²) >= 11 is 0. The fourth-order valence-electron chi connectivity index (χ4n) is 1.94. The van der Waals surface area contributed by atoms with E-state index in [0.29, 0.717) is 18.6 Å². The van der Waals surface area contributed by atoms with E-state index in [1.54, 1.807) is 0 Å². The van der Waals surface area contributed by atoms with Gasteiger partial charge in [-0.15, -0.1) is 5.10 Å². The highest BCUT2D eigenvalue weighted by Gasteiger charge is 2.14. The lowest BCUT2D eigenvalue weighted by Gasteiger charge is -2.03. The number of carbonyl (C=O) groups is 1. The molecule has 21 heavy (non-hydrogen) atoms. The fourth-order valence-corrected chi connectivity index (χ4v) is 1.94. The second-order valence-corrected chi connectivity index (χ2v) is 4.41. The predicted octanol–water partition coefficient (Wildman–Crippen LogP) is 1.11. The van der Waals surface area contributed by atoms with Crippen molar-refractivity contribution in [1.82, 2.24) is 15.2 Å². The Morgan fingerprint density at radius 3 is 3.10 bits per heavy atom. The van der Waals surface area contributed by atoms with Crippen molar-refractivity contribution in [1.29, 1.82) is 0 Å². The first-order valence-electron chi connectivity index (χ1n) is 6.39. The third-order valence-corrected chi connectivity index (χ3v) is 2.98. The van der Waals surface area contributed by atoms with Crippen LogP contribution in [0.4, 0.5) is 5.95 Å². The Balaban J connectivity index is 1.53. The average Bonchev–Trinajstić information content (AvgIpc) is 3.13. The Hall–Kier alpha value is -2.77. The first kappa shape index (κ1) is 13.2. The molecule has 0 fully saturated rings. The summed E-state index contributed by atoms with van der Waals surface area (Å²) < 4.78 is 15.4. The molecule has 2 N–H and O–H groups in total. The number of anilines is 1. The van der Waals surface area contributed by atoms with Crippen LogP contribution < -0.4 is 19.5 Å². The van der Waals surface area contributed by atoms with Gasteiger partial charge in [-0.1, -0.05) is 6.07 Å². The van der Waals surface area contributed by atoms with Gasteiger partial charge in [-0.25, -0.2) is 5.10 Å². The van der Waals surface area contributed by atoms with Crippen LogP contribution in [0.3, 0.4) is 0 Å². The first-order valence-corrected chi connectivity index (χ1v) is 6.39. The Morgan fingerprint density at radius 1 is 1.43 bits per heavy atom. The van der Waals surface area contributed by atoms with E-state index in [0.717, 1.165) is 11.3 Å². The standard InChI is InChI=1S/C13H14N4O4/c1-19-13-15-12(16-17-13)14-11(18)5-3-8-2-4-9-10(6-8)21-7-20-9/h2,4,6H,3,5,7H2,1H3,(H2,14,15,16,17,18). The molecule has 0 saturated carbocycles. The third-order valence-electron chi connectivity index (χ3n) is 2.98. The number of benzene rings is 1. The zero-order valence-electron chi connectivity index (χ0n) is 11.4. The van der Waals surface area contributed by atoms with Gasteiger partial charge in [0, 0.05) is 6.42 Å². The number of amides is 1. The van der Waals surface area contributed by atoms with Crippen LogP contribution in [0.2, 0.25) is 0 Å². The molecule has 1 aliphatic rings. The molecular formula is C13H14N4O4. The molecule has 8 nitrogen and oxygen atoms in total. The zero-order chi connectivity index (χ0) is 14.7. The van der Waals surface area contributed by atoms with Gasteiger partial charge >= 0.3 is 6.01 Å². The SMILES string of the molecule is COc1n[nH]c(NC(=O)CCc2ccc3c(c2)OCO3)n1. The molecule has 1 aromatic heterocycles. The van der Waals surface area contributed by atoms with Crippen LogP contribution in [0.5, 0.6) is 17.5 Å². The zero-order valence-corrected chi connectivity index (χ0v) is 11.4. The first-order chi connectivity index (χ1) is 10.2. The van der Waals surface area contributed by atoms with Gasteiger partial charge in [0.1, 0.15) is 0 Å². The molecule has 1 amide bonds. The third kappa shape index (κ3) is 3.04. The smallest absolute Gasteiger partial charge is 0.336 e. The molecule has 0 unspecified atom stereocenters. The lowest BCUT2D eigenvalue weighted by atomic mass is 10.1. The average molecular weight is 290 g/mol.